The first-order valence-corrected chi connectivity index (χ1v) is 11.0. The molecule has 0 spiro atoms. The number of carbonyl (C=O) groups is 1. The molecule has 4 heteroatoms. The zero-order valence-corrected chi connectivity index (χ0v) is 16.0. The second-order valence-corrected chi connectivity index (χ2v) is 10.7. The standard InChI is InChI=1S/C23H16O2S2/c24-21-22(15-9-3-1-4-10-15)19-17-13-7-8-14-18(17)20(19)23(26-21,27(22)25)16-11-5-2-6-12-16/h1-14,19-20H/t19-,20+,22?,23+,27?/m1/s1. The maximum atomic E-state index is 14.2. The first-order valence-electron chi connectivity index (χ1n) is 9.07. The molecular weight excluding hydrogens is 372 g/mol. The third-order valence-corrected chi connectivity index (χ3v) is 10.8. The Bertz CT molecular complexity index is 1110. The predicted molar refractivity (Wildman–Crippen MR) is 109 cm³/mol. The Labute approximate surface area is 164 Å². The molecule has 2 saturated heterocycles. The lowest BCUT2D eigenvalue weighted by Crippen LogP contribution is -2.45. The van der Waals surface area contributed by atoms with Crippen molar-refractivity contribution in [3.05, 3.63) is 107 Å². The second kappa shape index (κ2) is 5.21. The predicted octanol–water partition coefficient (Wildman–Crippen LogP) is 4.65. The first-order chi connectivity index (χ1) is 13.2. The molecule has 0 radical (unpaired) electrons. The summed E-state index contributed by atoms with van der Waals surface area (Å²) >= 11 is 1.31. The fourth-order valence-electron chi connectivity index (χ4n) is 5.31. The highest BCUT2D eigenvalue weighted by molar-refractivity contribution is 8.27. The molecule has 3 aromatic carbocycles. The third-order valence-electron chi connectivity index (χ3n) is 6.34. The minimum Gasteiger partial charge on any atom is -0.285 e. The van der Waals surface area contributed by atoms with Crippen LogP contribution in [0.2, 0.25) is 0 Å². The van der Waals surface area contributed by atoms with Crippen molar-refractivity contribution in [1.29, 1.82) is 0 Å². The normalized spacial score (nSPS) is 35.4. The van der Waals surface area contributed by atoms with Gasteiger partial charge in [0.2, 0.25) is 5.12 Å². The quantitative estimate of drug-likeness (QED) is 0.641. The van der Waals surface area contributed by atoms with Crippen LogP contribution in [0.5, 0.6) is 0 Å². The highest BCUT2D eigenvalue weighted by Gasteiger charge is 2.81. The maximum absolute atomic E-state index is 14.2. The second-order valence-electron chi connectivity index (χ2n) is 7.38. The van der Waals surface area contributed by atoms with Gasteiger partial charge in [-0.3, -0.25) is 9.00 Å². The van der Waals surface area contributed by atoms with E-state index in [0.29, 0.717) is 0 Å². The number of hydrogen-bond donors (Lipinski definition) is 0. The van der Waals surface area contributed by atoms with Crippen LogP contribution in [0.4, 0.5) is 0 Å². The van der Waals surface area contributed by atoms with E-state index in [1.165, 1.54) is 22.9 Å². The summed E-state index contributed by atoms with van der Waals surface area (Å²) in [6, 6.07) is 28.1. The minimum atomic E-state index is -1.36. The van der Waals surface area contributed by atoms with Gasteiger partial charge < -0.3 is 0 Å². The van der Waals surface area contributed by atoms with Gasteiger partial charge in [-0.05, 0) is 22.3 Å². The summed E-state index contributed by atoms with van der Waals surface area (Å²) < 4.78 is 12.6. The van der Waals surface area contributed by atoms with Crippen LogP contribution in [0.15, 0.2) is 84.9 Å². The first kappa shape index (κ1) is 15.8. The number of fused-ring (bicyclic) bond motifs is 8. The minimum absolute atomic E-state index is 0.0223. The zero-order valence-electron chi connectivity index (χ0n) is 14.4. The molecule has 2 nitrogen and oxygen atoms in total. The van der Waals surface area contributed by atoms with Gasteiger partial charge in [0.1, 0.15) is 8.83 Å². The number of thioether (sulfide) groups is 1. The molecule has 6 rings (SSSR count). The summed E-state index contributed by atoms with van der Waals surface area (Å²) in [4.78, 5) is 13.5. The van der Waals surface area contributed by atoms with Crippen molar-refractivity contribution in [2.75, 3.05) is 0 Å². The molecule has 1 aliphatic carbocycles. The van der Waals surface area contributed by atoms with E-state index in [1.807, 2.05) is 72.8 Å². The van der Waals surface area contributed by atoms with Crippen LogP contribution in [0, 0.1) is 0 Å². The van der Waals surface area contributed by atoms with Crippen molar-refractivity contribution in [1.82, 2.24) is 0 Å². The number of benzene rings is 3. The molecule has 0 amide bonds. The van der Waals surface area contributed by atoms with Gasteiger partial charge in [-0.15, -0.1) is 0 Å². The monoisotopic (exact) mass is 388 g/mol. The molecule has 3 aromatic rings. The van der Waals surface area contributed by atoms with Gasteiger partial charge in [-0.1, -0.05) is 96.7 Å². The fourth-order valence-corrected chi connectivity index (χ4v) is 10.2. The van der Waals surface area contributed by atoms with Crippen LogP contribution in [0.25, 0.3) is 0 Å². The molecule has 132 valence electrons. The topological polar surface area (TPSA) is 34.1 Å². The fraction of sp³-hybridized carbons (Fsp3) is 0.174. The average Bonchev–Trinajstić information content (AvgIpc) is 3.05. The molecule has 27 heavy (non-hydrogen) atoms. The van der Waals surface area contributed by atoms with Gasteiger partial charge >= 0.3 is 0 Å². The highest BCUT2D eigenvalue weighted by Crippen LogP contribution is 2.80. The van der Waals surface area contributed by atoms with E-state index >= 15 is 0 Å². The van der Waals surface area contributed by atoms with Crippen molar-refractivity contribution in [2.24, 2.45) is 0 Å². The third kappa shape index (κ3) is 1.62. The van der Waals surface area contributed by atoms with Crippen LogP contribution in [0.1, 0.15) is 34.1 Å². The largest absolute Gasteiger partial charge is 0.285 e. The summed E-state index contributed by atoms with van der Waals surface area (Å²) in [5, 5.41) is 0.0478. The lowest BCUT2D eigenvalue weighted by atomic mass is 9.59. The molecule has 2 bridgehead atoms. The molecule has 2 fully saturated rings. The van der Waals surface area contributed by atoms with Crippen LogP contribution < -0.4 is 0 Å². The molecular formula is C23H16O2S2. The van der Waals surface area contributed by atoms with E-state index in [1.54, 1.807) is 0 Å². The number of rotatable bonds is 2. The molecule has 0 saturated carbocycles. The summed E-state index contributed by atoms with van der Waals surface area (Å²) in [6.07, 6.45) is 0. The van der Waals surface area contributed by atoms with E-state index in [4.69, 9.17) is 0 Å². The smallest absolute Gasteiger partial charge is 0.214 e. The van der Waals surface area contributed by atoms with Crippen LogP contribution >= 0.6 is 11.8 Å². The summed E-state index contributed by atoms with van der Waals surface area (Å²) in [7, 11) is -1.36. The van der Waals surface area contributed by atoms with Gasteiger partial charge in [-0.2, -0.15) is 0 Å². The van der Waals surface area contributed by atoms with Crippen LogP contribution in [-0.2, 0) is 24.4 Å². The molecule has 5 atom stereocenters. The van der Waals surface area contributed by atoms with E-state index in [2.05, 4.69) is 12.1 Å². The Morgan fingerprint density at radius 3 is 1.85 bits per heavy atom. The Hall–Kier alpha value is -2.17. The van der Waals surface area contributed by atoms with E-state index < -0.39 is 19.6 Å². The average molecular weight is 389 g/mol. The van der Waals surface area contributed by atoms with Gasteiger partial charge in [0.05, 0.1) is 10.8 Å². The molecule has 2 unspecified atom stereocenters. The van der Waals surface area contributed by atoms with Crippen molar-refractivity contribution in [2.45, 2.75) is 20.7 Å². The zero-order chi connectivity index (χ0) is 18.2. The van der Waals surface area contributed by atoms with Crippen molar-refractivity contribution in [3.63, 3.8) is 0 Å². The SMILES string of the molecule is O=C1S[C@]2(c3ccccc3)[C@H]3c4ccccc4[C@H]3C1(c1ccccc1)S2=O. The van der Waals surface area contributed by atoms with Crippen LogP contribution in [-0.4, -0.2) is 9.32 Å². The molecule has 3 aliphatic rings. The maximum Gasteiger partial charge on any atom is 0.214 e. The number of hydrogen-bond acceptors (Lipinski definition) is 3. The number of carbonyl (C=O) groups excluding carboxylic acids is 1. The van der Waals surface area contributed by atoms with Crippen molar-refractivity contribution >= 4 is 27.7 Å². The summed E-state index contributed by atoms with van der Waals surface area (Å²) in [6.45, 7) is 0. The van der Waals surface area contributed by atoms with Crippen molar-refractivity contribution < 1.29 is 9.00 Å². The lowest BCUT2D eigenvalue weighted by Gasteiger charge is -2.48. The summed E-state index contributed by atoms with van der Waals surface area (Å²) in [5.74, 6) is 0.0747. The molecule has 2 aliphatic heterocycles. The Morgan fingerprint density at radius 2 is 1.22 bits per heavy atom. The van der Waals surface area contributed by atoms with E-state index in [9.17, 15) is 9.00 Å². The lowest BCUT2D eigenvalue weighted by molar-refractivity contribution is -0.114. The van der Waals surface area contributed by atoms with Gasteiger partial charge in [-0.25, -0.2) is 0 Å². The Kier molecular flexibility index (Phi) is 3.06. The van der Waals surface area contributed by atoms with Gasteiger partial charge in [0, 0.05) is 11.8 Å². The van der Waals surface area contributed by atoms with Gasteiger partial charge in [0.15, 0.2) is 0 Å². The summed E-state index contributed by atoms with van der Waals surface area (Å²) in [5.41, 5.74) is 4.32. The van der Waals surface area contributed by atoms with E-state index in [-0.39, 0.29) is 17.0 Å². The van der Waals surface area contributed by atoms with Crippen molar-refractivity contribution in [3.8, 4) is 0 Å². The highest BCUT2D eigenvalue weighted by atomic mass is 32.2. The molecule has 2 heterocycles. The molecule has 0 N–H and O–H groups in total. The Morgan fingerprint density at radius 1 is 0.704 bits per heavy atom. The molecule has 0 aromatic heterocycles. The Balaban J connectivity index is 1.70. The van der Waals surface area contributed by atoms with Crippen LogP contribution in [0.3, 0.4) is 0 Å². The van der Waals surface area contributed by atoms with Gasteiger partial charge in [0.25, 0.3) is 0 Å². The van der Waals surface area contributed by atoms with E-state index in [0.717, 1.165) is 11.1 Å².